The molecule has 4 nitrogen and oxygen atoms in total. The number of hydrogen-bond donors (Lipinski definition) is 1. The Labute approximate surface area is 126 Å². The number of para-hydroxylation sites is 1. The number of carbonyl (C=O) groups is 1. The molecule has 106 valence electrons. The second kappa shape index (κ2) is 5.14. The molecule has 0 atom stereocenters. The third-order valence-electron chi connectivity index (χ3n) is 3.22. The number of methoxy groups -OCH3 is 1. The number of carbonyl (C=O) groups excluding carboxylic acids is 1. The highest BCUT2D eigenvalue weighted by atomic mass is 35.5. The summed E-state index contributed by atoms with van der Waals surface area (Å²) in [7, 11) is 1.53. The van der Waals surface area contributed by atoms with Crippen LogP contribution in [0.3, 0.4) is 0 Å². The van der Waals surface area contributed by atoms with Crippen LogP contribution in [-0.2, 0) is 0 Å². The fourth-order valence-corrected chi connectivity index (χ4v) is 2.35. The van der Waals surface area contributed by atoms with Crippen molar-refractivity contribution in [2.24, 2.45) is 0 Å². The largest absolute Gasteiger partial charge is 0.497 e. The number of nitrogen functional groups attached to an aromatic ring is 1. The molecule has 0 unspecified atom stereocenters. The fraction of sp³-hybridized carbons (Fsp3) is 0.0625. The van der Waals surface area contributed by atoms with Crippen molar-refractivity contribution in [2.75, 3.05) is 12.8 Å². The lowest BCUT2D eigenvalue weighted by Gasteiger charge is -2.05. The zero-order valence-corrected chi connectivity index (χ0v) is 12.0. The summed E-state index contributed by atoms with van der Waals surface area (Å²) in [6, 6.07) is 11.9. The Morgan fingerprint density at radius 1 is 1.24 bits per heavy atom. The molecule has 0 aliphatic heterocycles. The number of benzene rings is 2. The summed E-state index contributed by atoms with van der Waals surface area (Å²) in [6.07, 6.45) is 0. The number of nitrogens with two attached hydrogens (primary N) is 1. The van der Waals surface area contributed by atoms with Crippen LogP contribution in [0.15, 0.2) is 46.9 Å². The standard InChI is InChI=1S/C16H12ClNO3/c1-20-10-5-6-13(18)11(8-10)15(19)14-7-9-3-2-4-12(17)16(9)21-14/h2-8H,18H2,1H3. The van der Waals surface area contributed by atoms with Crippen LogP contribution in [0.2, 0.25) is 5.02 Å². The number of rotatable bonds is 3. The monoisotopic (exact) mass is 301 g/mol. The number of furan rings is 1. The summed E-state index contributed by atoms with van der Waals surface area (Å²) >= 11 is 6.05. The average Bonchev–Trinajstić information content (AvgIpc) is 2.93. The van der Waals surface area contributed by atoms with E-state index in [1.54, 1.807) is 36.4 Å². The quantitative estimate of drug-likeness (QED) is 0.588. The number of fused-ring (bicyclic) bond motifs is 1. The first kappa shape index (κ1) is 13.5. The molecule has 0 spiro atoms. The molecule has 0 radical (unpaired) electrons. The Kier molecular flexibility index (Phi) is 3.31. The van der Waals surface area contributed by atoms with Crippen LogP contribution in [0, 0.1) is 0 Å². The first-order valence-corrected chi connectivity index (χ1v) is 6.64. The van der Waals surface area contributed by atoms with Gasteiger partial charge in [0.05, 0.1) is 17.7 Å². The first-order chi connectivity index (χ1) is 10.1. The predicted molar refractivity (Wildman–Crippen MR) is 82.1 cm³/mol. The van der Waals surface area contributed by atoms with Gasteiger partial charge < -0.3 is 14.9 Å². The van der Waals surface area contributed by atoms with Crippen LogP contribution in [0.1, 0.15) is 16.1 Å². The van der Waals surface area contributed by atoms with Crippen molar-refractivity contribution in [3.63, 3.8) is 0 Å². The van der Waals surface area contributed by atoms with E-state index in [-0.39, 0.29) is 11.5 Å². The number of anilines is 1. The van der Waals surface area contributed by atoms with E-state index >= 15 is 0 Å². The van der Waals surface area contributed by atoms with Crippen molar-refractivity contribution >= 4 is 34.0 Å². The number of ether oxygens (including phenoxy) is 1. The molecule has 0 bridgehead atoms. The van der Waals surface area contributed by atoms with Gasteiger partial charge in [-0.25, -0.2) is 0 Å². The van der Waals surface area contributed by atoms with Gasteiger partial charge in [0.2, 0.25) is 5.78 Å². The SMILES string of the molecule is COc1ccc(N)c(C(=O)c2cc3cccc(Cl)c3o2)c1. The molecule has 3 rings (SSSR count). The van der Waals surface area contributed by atoms with Crippen LogP contribution in [0.25, 0.3) is 11.0 Å². The van der Waals surface area contributed by atoms with E-state index in [0.29, 0.717) is 27.6 Å². The van der Waals surface area contributed by atoms with Crippen LogP contribution >= 0.6 is 11.6 Å². The minimum Gasteiger partial charge on any atom is -0.497 e. The van der Waals surface area contributed by atoms with E-state index in [1.807, 2.05) is 6.07 Å². The normalized spacial score (nSPS) is 10.8. The minimum atomic E-state index is -0.307. The Hall–Kier alpha value is -2.46. The van der Waals surface area contributed by atoms with Crippen LogP contribution in [0.4, 0.5) is 5.69 Å². The highest BCUT2D eigenvalue weighted by molar-refractivity contribution is 6.35. The Bertz CT molecular complexity index is 839. The summed E-state index contributed by atoms with van der Waals surface area (Å²) < 4.78 is 10.7. The molecule has 0 amide bonds. The molecular weight excluding hydrogens is 290 g/mol. The van der Waals surface area contributed by atoms with Gasteiger partial charge in [0, 0.05) is 11.1 Å². The van der Waals surface area contributed by atoms with Crippen molar-refractivity contribution in [3.05, 3.63) is 58.8 Å². The lowest BCUT2D eigenvalue weighted by Crippen LogP contribution is -2.04. The van der Waals surface area contributed by atoms with Crippen molar-refractivity contribution in [1.29, 1.82) is 0 Å². The lowest BCUT2D eigenvalue weighted by atomic mass is 10.1. The number of ketones is 1. The highest BCUT2D eigenvalue weighted by Gasteiger charge is 2.18. The predicted octanol–water partition coefficient (Wildman–Crippen LogP) is 3.91. The Morgan fingerprint density at radius 2 is 2.05 bits per heavy atom. The van der Waals surface area contributed by atoms with Gasteiger partial charge in [-0.2, -0.15) is 0 Å². The van der Waals surface area contributed by atoms with Crippen molar-refractivity contribution in [2.45, 2.75) is 0 Å². The second-order valence-corrected chi connectivity index (χ2v) is 4.96. The number of hydrogen-bond acceptors (Lipinski definition) is 4. The van der Waals surface area contributed by atoms with E-state index in [0.717, 1.165) is 5.39 Å². The van der Waals surface area contributed by atoms with Crippen molar-refractivity contribution in [3.8, 4) is 5.75 Å². The molecule has 2 N–H and O–H groups in total. The van der Waals surface area contributed by atoms with Crippen LogP contribution in [0.5, 0.6) is 5.75 Å². The van der Waals surface area contributed by atoms with Crippen LogP contribution < -0.4 is 10.5 Å². The Morgan fingerprint density at radius 3 is 2.76 bits per heavy atom. The van der Waals surface area contributed by atoms with E-state index in [2.05, 4.69) is 0 Å². The fourth-order valence-electron chi connectivity index (χ4n) is 2.13. The maximum Gasteiger partial charge on any atom is 0.230 e. The average molecular weight is 302 g/mol. The molecular formula is C16H12ClNO3. The number of halogens is 1. The molecule has 2 aromatic carbocycles. The molecule has 3 aromatic rings. The van der Waals surface area contributed by atoms with Gasteiger partial charge in [0.25, 0.3) is 0 Å². The van der Waals surface area contributed by atoms with Gasteiger partial charge >= 0.3 is 0 Å². The smallest absolute Gasteiger partial charge is 0.230 e. The first-order valence-electron chi connectivity index (χ1n) is 6.26. The van der Waals surface area contributed by atoms with Gasteiger partial charge in [-0.3, -0.25) is 4.79 Å². The lowest BCUT2D eigenvalue weighted by molar-refractivity contribution is 0.101. The maximum absolute atomic E-state index is 12.5. The van der Waals surface area contributed by atoms with E-state index in [9.17, 15) is 4.79 Å². The van der Waals surface area contributed by atoms with Gasteiger partial charge in [0.1, 0.15) is 5.75 Å². The van der Waals surface area contributed by atoms with Gasteiger partial charge in [-0.15, -0.1) is 0 Å². The molecule has 0 aliphatic carbocycles. The van der Waals surface area contributed by atoms with Crippen molar-refractivity contribution < 1.29 is 13.9 Å². The zero-order valence-electron chi connectivity index (χ0n) is 11.2. The van der Waals surface area contributed by atoms with Crippen molar-refractivity contribution in [1.82, 2.24) is 0 Å². The second-order valence-electron chi connectivity index (χ2n) is 4.55. The third-order valence-corrected chi connectivity index (χ3v) is 3.52. The molecule has 1 heterocycles. The van der Waals surface area contributed by atoms with E-state index in [4.69, 9.17) is 26.5 Å². The summed E-state index contributed by atoms with van der Waals surface area (Å²) in [6.45, 7) is 0. The van der Waals surface area contributed by atoms with Crippen LogP contribution in [-0.4, -0.2) is 12.9 Å². The molecule has 5 heteroatoms. The summed E-state index contributed by atoms with van der Waals surface area (Å²) in [4.78, 5) is 12.5. The molecule has 1 aromatic heterocycles. The topological polar surface area (TPSA) is 65.5 Å². The molecule has 0 aliphatic rings. The third kappa shape index (κ3) is 2.34. The van der Waals surface area contributed by atoms with E-state index < -0.39 is 0 Å². The van der Waals surface area contributed by atoms with Gasteiger partial charge in [-0.1, -0.05) is 23.7 Å². The molecule has 0 fully saturated rings. The highest BCUT2D eigenvalue weighted by Crippen LogP contribution is 2.29. The zero-order chi connectivity index (χ0) is 15.0. The molecule has 21 heavy (non-hydrogen) atoms. The summed E-state index contributed by atoms with van der Waals surface area (Å²) in [5.41, 5.74) is 7.06. The summed E-state index contributed by atoms with van der Waals surface area (Å²) in [5, 5.41) is 1.23. The van der Waals surface area contributed by atoms with Gasteiger partial charge in [-0.05, 0) is 30.3 Å². The molecule has 0 saturated heterocycles. The van der Waals surface area contributed by atoms with Gasteiger partial charge in [0.15, 0.2) is 11.3 Å². The maximum atomic E-state index is 12.5. The van der Waals surface area contributed by atoms with E-state index in [1.165, 1.54) is 7.11 Å². The minimum absolute atomic E-state index is 0.193. The summed E-state index contributed by atoms with van der Waals surface area (Å²) in [5.74, 6) is 0.443. The Balaban J connectivity index is 2.10. The molecule has 0 saturated carbocycles.